The summed E-state index contributed by atoms with van der Waals surface area (Å²) in [6.45, 7) is 3.85. The van der Waals surface area contributed by atoms with Crippen molar-refractivity contribution in [1.29, 1.82) is 5.26 Å². The Bertz CT molecular complexity index is 741. The molecule has 0 saturated carbocycles. The normalized spacial score (nSPS) is 23.7. The zero-order valence-electron chi connectivity index (χ0n) is 13.5. The van der Waals surface area contributed by atoms with E-state index in [1.165, 1.54) is 6.42 Å². The Morgan fingerprint density at radius 2 is 2.08 bits per heavy atom. The molecule has 2 aromatic rings. The van der Waals surface area contributed by atoms with Crippen molar-refractivity contribution in [3.05, 3.63) is 48.2 Å². The lowest BCUT2D eigenvalue weighted by atomic mass is 9.92. The zero-order chi connectivity index (χ0) is 16.4. The van der Waals surface area contributed by atoms with E-state index in [-0.39, 0.29) is 0 Å². The van der Waals surface area contributed by atoms with E-state index >= 15 is 0 Å². The van der Waals surface area contributed by atoms with Gasteiger partial charge in [-0.2, -0.15) is 5.26 Å². The third kappa shape index (κ3) is 2.83. The van der Waals surface area contributed by atoms with Gasteiger partial charge in [-0.3, -0.25) is 14.9 Å². The Hall–Kier alpha value is -2.52. The minimum absolute atomic E-state index is 0.495. The summed E-state index contributed by atoms with van der Waals surface area (Å²) >= 11 is 0. The summed E-state index contributed by atoms with van der Waals surface area (Å²) in [5.41, 5.74) is 1.68. The lowest BCUT2D eigenvalue weighted by Gasteiger charge is -2.39. The van der Waals surface area contributed by atoms with Gasteiger partial charge >= 0.3 is 0 Å². The van der Waals surface area contributed by atoms with E-state index < -0.39 is 0 Å². The van der Waals surface area contributed by atoms with Crippen molar-refractivity contribution in [1.82, 2.24) is 19.9 Å². The minimum atomic E-state index is 0.495. The van der Waals surface area contributed by atoms with Gasteiger partial charge in [0.25, 0.3) is 0 Å². The second-order valence-corrected chi connectivity index (χ2v) is 6.50. The van der Waals surface area contributed by atoms with Gasteiger partial charge in [0.2, 0.25) is 0 Å². The van der Waals surface area contributed by atoms with Gasteiger partial charge in [-0.25, -0.2) is 4.98 Å². The highest BCUT2D eigenvalue weighted by atomic mass is 15.3. The van der Waals surface area contributed by atoms with Gasteiger partial charge in [-0.1, -0.05) is 0 Å². The summed E-state index contributed by atoms with van der Waals surface area (Å²) < 4.78 is 0. The molecule has 2 atom stereocenters. The lowest BCUT2D eigenvalue weighted by Crippen LogP contribution is -2.48. The number of nitrogens with zero attached hydrogens (tertiary/aromatic N) is 6. The van der Waals surface area contributed by atoms with Crippen molar-refractivity contribution in [2.75, 3.05) is 24.5 Å². The summed E-state index contributed by atoms with van der Waals surface area (Å²) in [5, 5.41) is 9.34. The number of nitriles is 1. The molecule has 2 fully saturated rings. The monoisotopic (exact) mass is 320 g/mol. The number of hydrogen-bond acceptors (Lipinski definition) is 6. The van der Waals surface area contributed by atoms with Crippen LogP contribution in [0.25, 0.3) is 0 Å². The third-order valence-corrected chi connectivity index (χ3v) is 5.17. The van der Waals surface area contributed by atoms with Crippen LogP contribution >= 0.6 is 0 Å². The summed E-state index contributed by atoms with van der Waals surface area (Å²) in [6, 6.07) is 6.43. The standard InChI is InChI=1S/C18H20N6/c19-10-15-2-1-5-22-18(15)24-9-4-14-3-8-23(17(14)13-24)12-16-11-20-6-7-21-16/h1-2,5-7,11,14,17H,3-4,8-9,12-13H2. The molecule has 2 aromatic heterocycles. The van der Waals surface area contributed by atoms with Gasteiger partial charge in [0.1, 0.15) is 11.9 Å². The van der Waals surface area contributed by atoms with Crippen LogP contribution in [0.3, 0.4) is 0 Å². The second-order valence-electron chi connectivity index (χ2n) is 6.50. The average Bonchev–Trinajstić information content (AvgIpc) is 3.04. The maximum atomic E-state index is 9.34. The fourth-order valence-electron chi connectivity index (χ4n) is 3.97. The Labute approximate surface area is 141 Å². The first-order chi connectivity index (χ1) is 11.8. The molecule has 4 heterocycles. The number of aromatic nitrogens is 3. The van der Waals surface area contributed by atoms with Gasteiger partial charge < -0.3 is 4.90 Å². The van der Waals surface area contributed by atoms with Crippen LogP contribution in [0.4, 0.5) is 5.82 Å². The number of piperidine rings is 1. The predicted octanol–water partition coefficient (Wildman–Crippen LogP) is 1.84. The van der Waals surface area contributed by atoms with Crippen LogP contribution in [0.1, 0.15) is 24.1 Å². The summed E-state index contributed by atoms with van der Waals surface area (Å²) in [7, 11) is 0. The SMILES string of the molecule is N#Cc1cccnc1N1CCC2CCN(Cc3cnccn3)C2C1. The van der Waals surface area contributed by atoms with Crippen LogP contribution in [0, 0.1) is 17.2 Å². The molecule has 2 aliphatic rings. The molecule has 0 bridgehead atoms. The number of anilines is 1. The van der Waals surface area contributed by atoms with E-state index in [0.717, 1.165) is 50.0 Å². The molecular formula is C18H20N6. The Kier molecular flexibility index (Phi) is 4.09. The van der Waals surface area contributed by atoms with Gasteiger partial charge in [-0.15, -0.1) is 0 Å². The molecule has 0 spiro atoms. The van der Waals surface area contributed by atoms with Gasteiger partial charge in [0.15, 0.2) is 0 Å². The Morgan fingerprint density at radius 3 is 2.92 bits per heavy atom. The van der Waals surface area contributed by atoms with Crippen molar-refractivity contribution >= 4 is 5.82 Å². The summed E-state index contributed by atoms with van der Waals surface area (Å²) in [5.74, 6) is 1.55. The van der Waals surface area contributed by atoms with E-state index in [4.69, 9.17) is 0 Å². The number of pyridine rings is 1. The number of likely N-dealkylation sites (tertiary alicyclic amines) is 1. The molecule has 6 heteroatoms. The van der Waals surface area contributed by atoms with E-state index in [1.807, 2.05) is 18.3 Å². The topological polar surface area (TPSA) is 68.9 Å². The average molecular weight is 320 g/mol. The van der Waals surface area contributed by atoms with E-state index in [1.54, 1.807) is 18.6 Å². The van der Waals surface area contributed by atoms with Gasteiger partial charge in [0, 0.05) is 50.5 Å². The van der Waals surface area contributed by atoms with Crippen LogP contribution in [0.5, 0.6) is 0 Å². The van der Waals surface area contributed by atoms with E-state index in [2.05, 4.69) is 30.8 Å². The third-order valence-electron chi connectivity index (χ3n) is 5.17. The van der Waals surface area contributed by atoms with Crippen LogP contribution in [0.15, 0.2) is 36.9 Å². The highest BCUT2D eigenvalue weighted by Crippen LogP contribution is 2.34. The lowest BCUT2D eigenvalue weighted by molar-refractivity contribution is 0.198. The molecule has 0 radical (unpaired) electrons. The number of rotatable bonds is 3. The smallest absolute Gasteiger partial charge is 0.146 e. The maximum Gasteiger partial charge on any atom is 0.146 e. The predicted molar refractivity (Wildman–Crippen MR) is 90.1 cm³/mol. The fourth-order valence-corrected chi connectivity index (χ4v) is 3.97. The molecule has 4 rings (SSSR count). The first-order valence-electron chi connectivity index (χ1n) is 8.44. The first-order valence-corrected chi connectivity index (χ1v) is 8.44. The molecule has 0 aromatic carbocycles. The molecule has 2 saturated heterocycles. The molecule has 6 nitrogen and oxygen atoms in total. The van der Waals surface area contributed by atoms with E-state index in [9.17, 15) is 5.26 Å². The van der Waals surface area contributed by atoms with Crippen LogP contribution < -0.4 is 4.90 Å². The van der Waals surface area contributed by atoms with E-state index in [0.29, 0.717) is 11.6 Å². The largest absolute Gasteiger partial charge is 0.354 e. The zero-order valence-corrected chi connectivity index (χ0v) is 13.5. The molecular weight excluding hydrogens is 300 g/mol. The number of fused-ring (bicyclic) bond motifs is 1. The van der Waals surface area contributed by atoms with Gasteiger partial charge in [-0.05, 0) is 37.4 Å². The fraction of sp³-hybridized carbons (Fsp3) is 0.444. The second kappa shape index (κ2) is 6.54. The van der Waals surface area contributed by atoms with Crippen molar-refractivity contribution in [3.63, 3.8) is 0 Å². The molecule has 2 unspecified atom stereocenters. The molecule has 2 aliphatic heterocycles. The summed E-state index contributed by atoms with van der Waals surface area (Å²) in [6.07, 6.45) is 9.48. The van der Waals surface area contributed by atoms with Gasteiger partial charge in [0.05, 0.1) is 11.3 Å². The maximum absolute atomic E-state index is 9.34. The highest BCUT2D eigenvalue weighted by molar-refractivity contribution is 5.54. The van der Waals surface area contributed by atoms with Crippen molar-refractivity contribution in [2.24, 2.45) is 5.92 Å². The van der Waals surface area contributed by atoms with Crippen molar-refractivity contribution < 1.29 is 0 Å². The first kappa shape index (κ1) is 15.0. The minimum Gasteiger partial charge on any atom is -0.354 e. The van der Waals surface area contributed by atoms with Crippen molar-refractivity contribution in [2.45, 2.75) is 25.4 Å². The molecule has 0 aliphatic carbocycles. The summed E-state index contributed by atoms with van der Waals surface area (Å²) in [4.78, 5) is 17.8. The molecule has 0 amide bonds. The Morgan fingerprint density at radius 1 is 1.17 bits per heavy atom. The number of hydrogen-bond donors (Lipinski definition) is 0. The Balaban J connectivity index is 1.52. The molecule has 0 N–H and O–H groups in total. The highest BCUT2D eigenvalue weighted by Gasteiger charge is 2.39. The quantitative estimate of drug-likeness (QED) is 0.859. The van der Waals surface area contributed by atoms with Crippen LogP contribution in [-0.2, 0) is 6.54 Å². The van der Waals surface area contributed by atoms with Crippen LogP contribution in [0.2, 0.25) is 0 Å². The molecule has 122 valence electrons. The molecule has 24 heavy (non-hydrogen) atoms. The van der Waals surface area contributed by atoms with Crippen LogP contribution in [-0.4, -0.2) is 45.5 Å². The van der Waals surface area contributed by atoms with Crippen molar-refractivity contribution in [3.8, 4) is 6.07 Å².